The molecule has 0 atom stereocenters. The number of aliphatic imine (C=N–C) groups is 1. The van der Waals surface area contributed by atoms with E-state index in [-0.39, 0.29) is 31.9 Å². The summed E-state index contributed by atoms with van der Waals surface area (Å²) in [7, 11) is -3.36. The lowest BCUT2D eigenvalue weighted by atomic mass is 10.00. The van der Waals surface area contributed by atoms with Crippen molar-refractivity contribution in [3.05, 3.63) is 93.4 Å². The lowest BCUT2D eigenvalue weighted by Gasteiger charge is -2.21. The SMILES string of the molecule is Cc1cc(-c2cccc(S(C)(=O)=O)c2)ccc1N=C(C(Cl)=C(N)C(C)(C)O)c1c(F)cccc1Cl. The summed E-state index contributed by atoms with van der Waals surface area (Å²) in [5.74, 6) is -0.648. The highest BCUT2D eigenvalue weighted by Gasteiger charge is 2.26. The Hall–Kier alpha value is -2.71. The molecule has 0 aliphatic heterocycles. The first kappa shape index (κ1) is 26.9. The Kier molecular flexibility index (Phi) is 7.77. The van der Waals surface area contributed by atoms with Crippen LogP contribution in [0.15, 0.2) is 81.3 Å². The van der Waals surface area contributed by atoms with Crippen molar-refractivity contribution in [2.45, 2.75) is 31.3 Å². The Morgan fingerprint density at radius 2 is 1.69 bits per heavy atom. The van der Waals surface area contributed by atoms with Crippen LogP contribution in [0.25, 0.3) is 11.1 Å². The van der Waals surface area contributed by atoms with E-state index in [2.05, 4.69) is 4.99 Å². The molecule has 0 aliphatic carbocycles. The first-order chi connectivity index (χ1) is 16.2. The lowest BCUT2D eigenvalue weighted by Crippen LogP contribution is -2.30. The van der Waals surface area contributed by atoms with E-state index in [9.17, 15) is 17.9 Å². The van der Waals surface area contributed by atoms with Gasteiger partial charge in [0.2, 0.25) is 0 Å². The summed E-state index contributed by atoms with van der Waals surface area (Å²) in [4.78, 5) is 4.80. The molecule has 0 aliphatic rings. The molecular weight excluding hydrogens is 510 g/mol. The molecule has 0 fully saturated rings. The van der Waals surface area contributed by atoms with Gasteiger partial charge in [-0.2, -0.15) is 0 Å². The van der Waals surface area contributed by atoms with Gasteiger partial charge in [0.05, 0.1) is 43.2 Å². The zero-order valence-electron chi connectivity index (χ0n) is 19.6. The number of halogens is 3. The number of nitrogens with two attached hydrogens (primary N) is 1. The predicted octanol–water partition coefficient (Wildman–Crippen LogP) is 6.16. The molecule has 0 radical (unpaired) electrons. The summed E-state index contributed by atoms with van der Waals surface area (Å²) in [6.45, 7) is 4.71. The minimum atomic E-state index is -3.36. The lowest BCUT2D eigenvalue weighted by molar-refractivity contribution is 0.118. The fraction of sp³-hybridized carbons (Fsp3) is 0.192. The van der Waals surface area contributed by atoms with Crippen LogP contribution in [0.1, 0.15) is 25.0 Å². The molecule has 3 aromatic rings. The van der Waals surface area contributed by atoms with Gasteiger partial charge in [0.1, 0.15) is 5.82 Å². The van der Waals surface area contributed by atoms with Gasteiger partial charge in [0.15, 0.2) is 9.84 Å². The van der Waals surface area contributed by atoms with E-state index in [1.165, 1.54) is 38.1 Å². The van der Waals surface area contributed by atoms with Gasteiger partial charge in [-0.15, -0.1) is 0 Å². The summed E-state index contributed by atoms with van der Waals surface area (Å²) >= 11 is 12.8. The zero-order valence-corrected chi connectivity index (χ0v) is 21.9. The molecule has 0 bridgehead atoms. The van der Waals surface area contributed by atoms with Crippen molar-refractivity contribution in [2.24, 2.45) is 10.7 Å². The van der Waals surface area contributed by atoms with Crippen LogP contribution in [0.4, 0.5) is 10.1 Å². The Labute approximate surface area is 214 Å². The van der Waals surface area contributed by atoms with Crippen molar-refractivity contribution < 1.29 is 17.9 Å². The summed E-state index contributed by atoms with van der Waals surface area (Å²) in [6, 6.07) is 16.1. The third kappa shape index (κ3) is 6.11. The number of rotatable bonds is 6. The largest absolute Gasteiger partial charge is 0.398 e. The second-order valence-electron chi connectivity index (χ2n) is 8.65. The summed E-state index contributed by atoms with van der Waals surface area (Å²) in [5.41, 5.74) is 7.09. The maximum Gasteiger partial charge on any atom is 0.175 e. The minimum Gasteiger partial charge on any atom is -0.398 e. The van der Waals surface area contributed by atoms with Crippen molar-refractivity contribution in [3.63, 3.8) is 0 Å². The van der Waals surface area contributed by atoms with Gasteiger partial charge in [0.25, 0.3) is 0 Å². The van der Waals surface area contributed by atoms with Crippen molar-refractivity contribution in [3.8, 4) is 11.1 Å². The summed E-state index contributed by atoms with van der Waals surface area (Å²) in [5, 5.41) is 10.3. The maximum absolute atomic E-state index is 14.8. The number of hydrogen-bond donors (Lipinski definition) is 2. The van der Waals surface area contributed by atoms with Crippen LogP contribution >= 0.6 is 23.2 Å². The number of hydrogen-bond acceptors (Lipinski definition) is 5. The second kappa shape index (κ2) is 10.1. The maximum atomic E-state index is 14.8. The number of benzene rings is 3. The quantitative estimate of drug-likeness (QED) is 0.370. The molecule has 35 heavy (non-hydrogen) atoms. The highest BCUT2D eigenvalue weighted by Crippen LogP contribution is 2.33. The smallest absolute Gasteiger partial charge is 0.175 e. The van der Waals surface area contributed by atoms with Gasteiger partial charge >= 0.3 is 0 Å². The molecule has 3 N–H and O–H groups in total. The first-order valence-corrected chi connectivity index (χ1v) is 13.2. The third-order valence-corrected chi connectivity index (χ3v) is 7.14. The number of nitrogens with zero attached hydrogens (tertiary/aromatic N) is 1. The normalized spacial score (nSPS) is 13.5. The molecule has 9 heteroatoms. The number of allylic oxidation sites excluding steroid dienone is 1. The highest BCUT2D eigenvalue weighted by molar-refractivity contribution is 7.90. The van der Waals surface area contributed by atoms with Gasteiger partial charge in [-0.25, -0.2) is 17.8 Å². The molecule has 184 valence electrons. The van der Waals surface area contributed by atoms with Gasteiger partial charge < -0.3 is 10.8 Å². The van der Waals surface area contributed by atoms with Gasteiger partial charge in [0, 0.05) is 6.26 Å². The van der Waals surface area contributed by atoms with Crippen LogP contribution in [0.2, 0.25) is 5.02 Å². The fourth-order valence-corrected chi connectivity index (χ4v) is 4.61. The fourth-order valence-electron chi connectivity index (χ4n) is 3.32. The molecule has 0 amide bonds. The number of sulfone groups is 1. The number of aliphatic hydroxyl groups is 1. The third-order valence-electron chi connectivity index (χ3n) is 5.33. The van der Waals surface area contributed by atoms with E-state index in [1.54, 1.807) is 37.3 Å². The average molecular weight is 535 g/mol. The molecule has 0 heterocycles. The van der Waals surface area contributed by atoms with Gasteiger partial charge in [-0.05, 0) is 73.9 Å². The molecule has 3 aromatic carbocycles. The molecule has 0 saturated heterocycles. The molecule has 0 spiro atoms. The molecule has 5 nitrogen and oxygen atoms in total. The Balaban J connectivity index is 2.20. The molecule has 0 unspecified atom stereocenters. The van der Waals surface area contributed by atoms with E-state index in [1.807, 2.05) is 6.07 Å². The average Bonchev–Trinajstić information content (AvgIpc) is 2.77. The predicted molar refractivity (Wildman–Crippen MR) is 141 cm³/mol. The van der Waals surface area contributed by atoms with E-state index in [4.69, 9.17) is 28.9 Å². The summed E-state index contributed by atoms with van der Waals surface area (Å²) < 4.78 is 38.7. The van der Waals surface area contributed by atoms with E-state index in [0.29, 0.717) is 16.8 Å². The van der Waals surface area contributed by atoms with Crippen LogP contribution < -0.4 is 5.73 Å². The second-order valence-corrected chi connectivity index (χ2v) is 11.4. The zero-order chi connectivity index (χ0) is 26.1. The van der Waals surface area contributed by atoms with Crippen LogP contribution in [0.5, 0.6) is 0 Å². The van der Waals surface area contributed by atoms with Crippen molar-refractivity contribution >= 4 is 44.4 Å². The number of aryl methyl sites for hydroxylation is 1. The standard InChI is InChI=1S/C26H25Cl2FN2O3S/c1-15-13-17(16-7-5-8-18(14-16)35(4,33)34)11-12-21(15)31-24(23(28)25(30)26(2,3)32)22-19(27)9-6-10-20(22)29/h5-14,32H,30H2,1-4H3. The van der Waals surface area contributed by atoms with E-state index >= 15 is 0 Å². The molecular formula is C26H25Cl2FN2O3S. The van der Waals surface area contributed by atoms with Gasteiger partial charge in [-0.1, -0.05) is 47.5 Å². The Bertz CT molecular complexity index is 1440. The van der Waals surface area contributed by atoms with Crippen LogP contribution in [-0.4, -0.2) is 31.1 Å². The van der Waals surface area contributed by atoms with Gasteiger partial charge in [-0.3, -0.25) is 0 Å². The van der Waals surface area contributed by atoms with Crippen LogP contribution in [-0.2, 0) is 9.84 Å². The molecule has 0 saturated carbocycles. The monoisotopic (exact) mass is 534 g/mol. The van der Waals surface area contributed by atoms with Crippen molar-refractivity contribution in [2.75, 3.05) is 6.26 Å². The first-order valence-electron chi connectivity index (χ1n) is 10.5. The van der Waals surface area contributed by atoms with Crippen LogP contribution in [0.3, 0.4) is 0 Å². The van der Waals surface area contributed by atoms with Crippen molar-refractivity contribution in [1.82, 2.24) is 0 Å². The van der Waals surface area contributed by atoms with E-state index in [0.717, 1.165) is 11.8 Å². The molecule has 0 aromatic heterocycles. The minimum absolute atomic E-state index is 0.0238. The summed E-state index contributed by atoms with van der Waals surface area (Å²) in [6.07, 6.45) is 1.15. The van der Waals surface area contributed by atoms with E-state index < -0.39 is 21.3 Å². The van der Waals surface area contributed by atoms with Crippen LogP contribution in [0, 0.1) is 12.7 Å². The highest BCUT2D eigenvalue weighted by atomic mass is 35.5. The molecule has 3 rings (SSSR count). The topological polar surface area (TPSA) is 92.8 Å². The Morgan fingerprint density at radius 3 is 2.26 bits per heavy atom. The van der Waals surface area contributed by atoms with Crippen molar-refractivity contribution in [1.29, 1.82) is 0 Å². The Morgan fingerprint density at radius 1 is 1.06 bits per heavy atom.